The molecule has 0 spiro atoms. The number of hydrogen-bond acceptors (Lipinski definition) is 4. The second-order valence-electron chi connectivity index (χ2n) is 4.26. The summed E-state index contributed by atoms with van der Waals surface area (Å²) < 4.78 is 10.7. The highest BCUT2D eigenvalue weighted by Crippen LogP contribution is 2.32. The molecule has 2 aromatic rings. The van der Waals surface area contributed by atoms with Gasteiger partial charge in [-0.05, 0) is 24.6 Å². The van der Waals surface area contributed by atoms with Crippen LogP contribution in [0.2, 0.25) is 0 Å². The van der Waals surface area contributed by atoms with Crippen molar-refractivity contribution in [2.45, 2.75) is 6.92 Å². The van der Waals surface area contributed by atoms with Crippen molar-refractivity contribution in [3.63, 3.8) is 0 Å². The third-order valence-electron chi connectivity index (χ3n) is 2.85. The van der Waals surface area contributed by atoms with Crippen molar-refractivity contribution < 1.29 is 9.47 Å². The number of methoxy groups -OCH3 is 1. The lowest BCUT2D eigenvalue weighted by atomic mass is 10.0. The summed E-state index contributed by atoms with van der Waals surface area (Å²) in [5.41, 5.74) is 8.81. The van der Waals surface area contributed by atoms with E-state index < -0.39 is 0 Å². The van der Waals surface area contributed by atoms with Crippen molar-refractivity contribution in [3.05, 3.63) is 42.1 Å². The van der Waals surface area contributed by atoms with Crippen LogP contribution in [0.4, 0.5) is 5.82 Å². The van der Waals surface area contributed by atoms with Crippen molar-refractivity contribution in [1.29, 1.82) is 0 Å². The maximum Gasteiger partial charge on any atom is 0.127 e. The quantitative estimate of drug-likeness (QED) is 0.838. The largest absolute Gasteiger partial charge is 0.491 e. The maximum absolute atomic E-state index is 5.73. The molecule has 2 rings (SSSR count). The Kier molecular flexibility index (Phi) is 4.36. The zero-order valence-electron chi connectivity index (χ0n) is 11.2. The number of pyridine rings is 1. The lowest BCUT2D eigenvalue weighted by Gasteiger charge is -2.13. The van der Waals surface area contributed by atoms with E-state index in [9.17, 15) is 0 Å². The Bertz CT molecular complexity index is 556. The summed E-state index contributed by atoms with van der Waals surface area (Å²) in [5.74, 6) is 1.35. The number of aromatic nitrogens is 1. The molecule has 1 heterocycles. The number of nitrogen functional groups attached to an aromatic ring is 1. The molecule has 1 aromatic heterocycles. The van der Waals surface area contributed by atoms with Gasteiger partial charge in [0.25, 0.3) is 0 Å². The van der Waals surface area contributed by atoms with Gasteiger partial charge in [-0.25, -0.2) is 4.98 Å². The van der Waals surface area contributed by atoms with Crippen molar-refractivity contribution in [2.75, 3.05) is 26.1 Å². The number of hydrogen-bond donors (Lipinski definition) is 1. The first-order valence-corrected chi connectivity index (χ1v) is 6.15. The Hall–Kier alpha value is -2.07. The molecular weight excluding hydrogens is 240 g/mol. The average molecular weight is 258 g/mol. The van der Waals surface area contributed by atoms with Gasteiger partial charge in [0.05, 0.1) is 6.61 Å². The average Bonchev–Trinajstić information content (AvgIpc) is 2.40. The van der Waals surface area contributed by atoms with Gasteiger partial charge in [0.15, 0.2) is 0 Å². The molecular formula is C15H18N2O2. The summed E-state index contributed by atoms with van der Waals surface area (Å²) in [5, 5.41) is 0. The smallest absolute Gasteiger partial charge is 0.127 e. The van der Waals surface area contributed by atoms with Crippen LogP contribution in [-0.4, -0.2) is 25.3 Å². The molecule has 0 saturated carbocycles. The minimum absolute atomic E-state index is 0.523. The lowest BCUT2D eigenvalue weighted by Crippen LogP contribution is -2.05. The van der Waals surface area contributed by atoms with E-state index in [2.05, 4.69) is 4.98 Å². The van der Waals surface area contributed by atoms with Crippen LogP contribution in [0.1, 0.15) is 5.56 Å². The number of nitrogens with zero attached hydrogens (tertiary/aromatic N) is 1. The molecule has 4 heteroatoms. The Morgan fingerprint density at radius 3 is 2.68 bits per heavy atom. The molecule has 0 unspecified atom stereocenters. The molecule has 19 heavy (non-hydrogen) atoms. The fraction of sp³-hybridized carbons (Fsp3) is 0.267. The molecule has 2 N–H and O–H groups in total. The van der Waals surface area contributed by atoms with E-state index in [0.29, 0.717) is 19.0 Å². The normalized spacial score (nSPS) is 10.4. The monoisotopic (exact) mass is 258 g/mol. The van der Waals surface area contributed by atoms with Crippen LogP contribution in [0.15, 0.2) is 36.5 Å². The first-order chi connectivity index (χ1) is 9.22. The summed E-state index contributed by atoms with van der Waals surface area (Å²) >= 11 is 0. The van der Waals surface area contributed by atoms with Gasteiger partial charge in [0.2, 0.25) is 0 Å². The first kappa shape index (κ1) is 13.4. The highest BCUT2D eigenvalue weighted by atomic mass is 16.5. The molecule has 1 aromatic carbocycles. The van der Waals surface area contributed by atoms with Crippen molar-refractivity contribution >= 4 is 5.82 Å². The Labute approximate surface area is 113 Å². The first-order valence-electron chi connectivity index (χ1n) is 6.15. The Morgan fingerprint density at radius 1 is 1.16 bits per heavy atom. The summed E-state index contributed by atoms with van der Waals surface area (Å²) in [6.07, 6.45) is 1.78. The number of ether oxygens (including phenoxy) is 2. The highest BCUT2D eigenvalue weighted by Gasteiger charge is 2.09. The maximum atomic E-state index is 5.73. The highest BCUT2D eigenvalue weighted by molar-refractivity contribution is 5.73. The fourth-order valence-corrected chi connectivity index (χ4v) is 1.91. The molecule has 0 atom stereocenters. The van der Waals surface area contributed by atoms with Crippen LogP contribution in [0.3, 0.4) is 0 Å². The Balaban J connectivity index is 2.33. The minimum Gasteiger partial charge on any atom is -0.491 e. The predicted molar refractivity (Wildman–Crippen MR) is 76.2 cm³/mol. The molecule has 0 fully saturated rings. The number of aryl methyl sites for hydroxylation is 1. The molecule has 0 amide bonds. The van der Waals surface area contributed by atoms with Gasteiger partial charge in [-0.3, -0.25) is 0 Å². The van der Waals surface area contributed by atoms with E-state index in [1.807, 2.05) is 37.3 Å². The Morgan fingerprint density at radius 2 is 1.95 bits per heavy atom. The third kappa shape index (κ3) is 3.23. The molecule has 0 aliphatic rings. The van der Waals surface area contributed by atoms with Gasteiger partial charge < -0.3 is 15.2 Å². The predicted octanol–water partition coefficient (Wildman–Crippen LogP) is 2.66. The number of para-hydroxylation sites is 1. The fourth-order valence-electron chi connectivity index (χ4n) is 1.91. The summed E-state index contributed by atoms with van der Waals surface area (Å²) in [6, 6.07) is 9.75. The lowest BCUT2D eigenvalue weighted by molar-refractivity contribution is 0.146. The van der Waals surface area contributed by atoms with Crippen molar-refractivity contribution in [1.82, 2.24) is 4.98 Å². The van der Waals surface area contributed by atoms with Gasteiger partial charge >= 0.3 is 0 Å². The van der Waals surface area contributed by atoms with E-state index in [1.165, 1.54) is 0 Å². The number of anilines is 1. The van der Waals surface area contributed by atoms with Gasteiger partial charge in [-0.1, -0.05) is 18.2 Å². The zero-order valence-corrected chi connectivity index (χ0v) is 11.2. The summed E-state index contributed by atoms with van der Waals surface area (Å²) in [7, 11) is 1.66. The van der Waals surface area contributed by atoms with Gasteiger partial charge in [-0.2, -0.15) is 0 Å². The number of rotatable bonds is 5. The van der Waals surface area contributed by atoms with Gasteiger partial charge in [-0.15, -0.1) is 0 Å². The van der Waals surface area contributed by atoms with E-state index in [0.717, 1.165) is 22.4 Å². The van der Waals surface area contributed by atoms with Gasteiger partial charge in [0.1, 0.15) is 18.2 Å². The molecule has 0 radical (unpaired) electrons. The summed E-state index contributed by atoms with van der Waals surface area (Å²) in [6.45, 7) is 3.10. The van der Waals surface area contributed by atoms with E-state index in [-0.39, 0.29) is 0 Å². The molecule has 4 nitrogen and oxygen atoms in total. The van der Waals surface area contributed by atoms with E-state index >= 15 is 0 Å². The van der Waals surface area contributed by atoms with Crippen molar-refractivity contribution in [2.24, 2.45) is 0 Å². The standard InChI is InChI=1S/C15H18N2O2/c1-11-9-15(16)17-10-13(11)12-5-3-4-6-14(12)19-8-7-18-2/h3-6,9-10H,7-8H2,1-2H3,(H2,16,17). The number of nitrogens with two attached hydrogens (primary N) is 1. The van der Waals surface area contributed by atoms with Crippen LogP contribution in [0.5, 0.6) is 5.75 Å². The van der Waals surface area contributed by atoms with E-state index in [1.54, 1.807) is 13.3 Å². The topological polar surface area (TPSA) is 57.4 Å². The second kappa shape index (κ2) is 6.20. The number of benzene rings is 1. The summed E-state index contributed by atoms with van der Waals surface area (Å²) in [4.78, 5) is 4.15. The van der Waals surface area contributed by atoms with Gasteiger partial charge in [0, 0.05) is 24.4 Å². The van der Waals surface area contributed by atoms with E-state index in [4.69, 9.17) is 15.2 Å². The van der Waals surface area contributed by atoms with Crippen molar-refractivity contribution in [3.8, 4) is 16.9 Å². The molecule has 0 bridgehead atoms. The molecule has 0 saturated heterocycles. The van der Waals surface area contributed by atoms with Crippen LogP contribution < -0.4 is 10.5 Å². The molecule has 0 aliphatic heterocycles. The van der Waals surface area contributed by atoms with Crippen LogP contribution in [0, 0.1) is 6.92 Å². The SMILES string of the molecule is COCCOc1ccccc1-c1cnc(N)cc1C. The second-order valence-corrected chi connectivity index (χ2v) is 4.26. The molecule has 0 aliphatic carbocycles. The van der Waals surface area contributed by atoms with Crippen LogP contribution in [-0.2, 0) is 4.74 Å². The molecule has 100 valence electrons. The zero-order chi connectivity index (χ0) is 13.7. The van der Waals surface area contributed by atoms with Crippen LogP contribution in [0.25, 0.3) is 11.1 Å². The minimum atomic E-state index is 0.523. The third-order valence-corrected chi connectivity index (χ3v) is 2.85. The van der Waals surface area contributed by atoms with Crippen LogP contribution >= 0.6 is 0 Å².